The summed E-state index contributed by atoms with van der Waals surface area (Å²) in [5.41, 5.74) is 2.06. The maximum absolute atomic E-state index is 14.6. The molecule has 0 spiro atoms. The van der Waals surface area contributed by atoms with Crippen LogP contribution >= 0.6 is 11.3 Å². The maximum atomic E-state index is 14.6. The van der Waals surface area contributed by atoms with Gasteiger partial charge in [0.1, 0.15) is 12.0 Å². The average molecular weight is 429 g/mol. The quantitative estimate of drug-likeness (QED) is 0.620. The van der Waals surface area contributed by atoms with Crippen LogP contribution in [0.25, 0.3) is 10.6 Å². The highest BCUT2D eigenvalue weighted by atomic mass is 32.1. The molecule has 9 heteroatoms. The third-order valence-electron chi connectivity index (χ3n) is 5.53. The van der Waals surface area contributed by atoms with Crippen molar-refractivity contribution in [1.29, 1.82) is 0 Å². The number of aryl methyl sites for hydroxylation is 3. The first kappa shape index (κ1) is 20.6. The lowest BCUT2D eigenvalue weighted by Crippen LogP contribution is -2.37. The molecule has 0 unspecified atom stereocenters. The molecule has 1 saturated heterocycles. The van der Waals surface area contributed by atoms with E-state index in [2.05, 4.69) is 20.1 Å². The van der Waals surface area contributed by atoms with Gasteiger partial charge in [0.2, 0.25) is 0 Å². The molecule has 1 aliphatic heterocycles. The minimum atomic E-state index is -0.320. The summed E-state index contributed by atoms with van der Waals surface area (Å²) in [5, 5.41) is 5.59. The Kier molecular flexibility index (Phi) is 5.90. The summed E-state index contributed by atoms with van der Waals surface area (Å²) in [7, 11) is 0. The van der Waals surface area contributed by atoms with Crippen LogP contribution < -0.4 is 10.5 Å². The molecule has 3 aromatic heterocycles. The molecule has 4 rings (SSSR count). The monoisotopic (exact) mass is 428 g/mol. The number of piperidine rings is 1. The van der Waals surface area contributed by atoms with Gasteiger partial charge in [-0.2, -0.15) is 5.10 Å². The van der Waals surface area contributed by atoms with Crippen LogP contribution in [0.2, 0.25) is 0 Å². The molecule has 0 radical (unpaired) electrons. The van der Waals surface area contributed by atoms with Gasteiger partial charge in [0, 0.05) is 25.7 Å². The van der Waals surface area contributed by atoms with Gasteiger partial charge in [0.15, 0.2) is 11.6 Å². The second-order valence-electron chi connectivity index (χ2n) is 7.63. The summed E-state index contributed by atoms with van der Waals surface area (Å²) in [4.78, 5) is 28.0. The SMILES string of the molecule is CCc1ncnc(N2CCC(Cn3nc(-c4sc(C)nc4C)ccc3=O)CC2)c1F. The fourth-order valence-electron chi connectivity index (χ4n) is 3.90. The molecule has 0 aromatic carbocycles. The highest BCUT2D eigenvalue weighted by Gasteiger charge is 2.24. The number of aromatic nitrogens is 5. The van der Waals surface area contributed by atoms with Crippen molar-refractivity contribution in [1.82, 2.24) is 24.7 Å². The van der Waals surface area contributed by atoms with Crippen LogP contribution in [0.15, 0.2) is 23.3 Å². The van der Waals surface area contributed by atoms with Crippen LogP contribution in [-0.4, -0.2) is 37.8 Å². The number of anilines is 1. The van der Waals surface area contributed by atoms with Gasteiger partial charge < -0.3 is 4.90 Å². The zero-order valence-corrected chi connectivity index (χ0v) is 18.2. The first-order chi connectivity index (χ1) is 14.5. The summed E-state index contributed by atoms with van der Waals surface area (Å²) >= 11 is 1.59. The predicted octanol–water partition coefficient (Wildman–Crippen LogP) is 3.39. The summed E-state index contributed by atoms with van der Waals surface area (Å²) in [5.74, 6) is 0.370. The zero-order chi connectivity index (χ0) is 21.3. The molecule has 1 aliphatic rings. The van der Waals surface area contributed by atoms with E-state index in [1.54, 1.807) is 28.2 Å². The Morgan fingerprint density at radius 1 is 1.20 bits per heavy atom. The van der Waals surface area contributed by atoms with E-state index in [1.807, 2.05) is 25.7 Å². The fourth-order valence-corrected chi connectivity index (χ4v) is 4.79. The molecule has 0 saturated carbocycles. The molecule has 158 valence electrons. The van der Waals surface area contributed by atoms with Crippen molar-refractivity contribution in [2.75, 3.05) is 18.0 Å². The highest BCUT2D eigenvalue weighted by molar-refractivity contribution is 7.15. The Labute approximate surface area is 178 Å². The Balaban J connectivity index is 1.46. The second kappa shape index (κ2) is 8.59. The van der Waals surface area contributed by atoms with Crippen LogP contribution in [0, 0.1) is 25.6 Å². The lowest BCUT2D eigenvalue weighted by molar-refractivity contribution is 0.333. The third-order valence-corrected chi connectivity index (χ3v) is 6.62. The van der Waals surface area contributed by atoms with Crippen LogP contribution in [0.4, 0.5) is 10.2 Å². The summed E-state index contributed by atoms with van der Waals surface area (Å²) in [6, 6.07) is 3.35. The summed E-state index contributed by atoms with van der Waals surface area (Å²) in [6.07, 6.45) is 3.67. The molecule has 3 aromatic rings. The van der Waals surface area contributed by atoms with Gasteiger partial charge in [-0.25, -0.2) is 24.0 Å². The van der Waals surface area contributed by atoms with E-state index < -0.39 is 0 Å². The molecule has 7 nitrogen and oxygen atoms in total. The molecule has 0 atom stereocenters. The van der Waals surface area contributed by atoms with Gasteiger partial charge >= 0.3 is 0 Å². The molecule has 0 N–H and O–H groups in total. The smallest absolute Gasteiger partial charge is 0.266 e. The maximum Gasteiger partial charge on any atom is 0.266 e. The molecule has 0 aliphatic carbocycles. The third kappa shape index (κ3) is 4.12. The Bertz CT molecular complexity index is 1100. The number of rotatable bonds is 5. The van der Waals surface area contributed by atoms with E-state index >= 15 is 0 Å². The summed E-state index contributed by atoms with van der Waals surface area (Å²) in [6.45, 7) is 7.77. The van der Waals surface area contributed by atoms with Crippen LogP contribution in [0.5, 0.6) is 0 Å². The standard InChI is InChI=1S/C21H25FN6OS/c1-4-16-19(22)21(24-12-23-16)27-9-7-15(8-10-27)11-28-18(29)6-5-17(26-28)20-13(2)25-14(3)30-20/h5-6,12,15H,4,7-11H2,1-3H3. The normalized spacial score (nSPS) is 15.0. The first-order valence-corrected chi connectivity index (χ1v) is 11.0. The molecule has 0 amide bonds. The minimum absolute atomic E-state index is 0.102. The minimum Gasteiger partial charge on any atom is -0.354 e. The lowest BCUT2D eigenvalue weighted by Gasteiger charge is -2.33. The van der Waals surface area contributed by atoms with E-state index in [1.165, 1.54) is 6.33 Å². The van der Waals surface area contributed by atoms with Gasteiger partial charge in [-0.1, -0.05) is 6.92 Å². The Morgan fingerprint density at radius 2 is 1.97 bits per heavy atom. The van der Waals surface area contributed by atoms with Crippen molar-refractivity contribution in [2.45, 2.75) is 46.6 Å². The molecule has 1 fully saturated rings. The lowest BCUT2D eigenvalue weighted by atomic mass is 9.96. The van der Waals surface area contributed by atoms with Crippen molar-refractivity contribution in [3.63, 3.8) is 0 Å². The van der Waals surface area contributed by atoms with Crippen molar-refractivity contribution in [3.8, 4) is 10.6 Å². The van der Waals surface area contributed by atoms with E-state index in [0.717, 1.165) is 34.1 Å². The van der Waals surface area contributed by atoms with Crippen molar-refractivity contribution >= 4 is 17.2 Å². The predicted molar refractivity (Wildman–Crippen MR) is 115 cm³/mol. The van der Waals surface area contributed by atoms with Crippen molar-refractivity contribution in [3.05, 3.63) is 51.0 Å². The van der Waals surface area contributed by atoms with Gasteiger partial charge in [0.25, 0.3) is 5.56 Å². The first-order valence-electron chi connectivity index (χ1n) is 10.2. The van der Waals surface area contributed by atoms with Crippen molar-refractivity contribution < 1.29 is 4.39 Å². The van der Waals surface area contributed by atoms with E-state index in [9.17, 15) is 9.18 Å². The number of nitrogens with zero attached hydrogens (tertiary/aromatic N) is 6. The average Bonchev–Trinajstić information content (AvgIpc) is 3.08. The van der Waals surface area contributed by atoms with E-state index in [4.69, 9.17) is 0 Å². The zero-order valence-electron chi connectivity index (χ0n) is 17.4. The van der Waals surface area contributed by atoms with Crippen LogP contribution in [-0.2, 0) is 13.0 Å². The Morgan fingerprint density at radius 3 is 2.63 bits per heavy atom. The molecule has 4 heterocycles. The Hall–Kier alpha value is -2.68. The number of thiazole rings is 1. The highest BCUT2D eigenvalue weighted by Crippen LogP contribution is 2.28. The van der Waals surface area contributed by atoms with Gasteiger partial charge in [0.05, 0.1) is 21.3 Å². The van der Waals surface area contributed by atoms with Gasteiger partial charge in [-0.05, 0) is 45.1 Å². The number of hydrogen-bond donors (Lipinski definition) is 0. The van der Waals surface area contributed by atoms with Gasteiger partial charge in [-0.15, -0.1) is 11.3 Å². The molecule has 30 heavy (non-hydrogen) atoms. The van der Waals surface area contributed by atoms with Crippen LogP contribution in [0.3, 0.4) is 0 Å². The van der Waals surface area contributed by atoms with E-state index in [-0.39, 0.29) is 11.4 Å². The van der Waals surface area contributed by atoms with Gasteiger partial charge in [-0.3, -0.25) is 4.79 Å². The summed E-state index contributed by atoms with van der Waals surface area (Å²) < 4.78 is 16.1. The van der Waals surface area contributed by atoms with Crippen molar-refractivity contribution in [2.24, 2.45) is 5.92 Å². The largest absolute Gasteiger partial charge is 0.354 e. The van der Waals surface area contributed by atoms with Crippen LogP contribution in [0.1, 0.15) is 36.2 Å². The van der Waals surface area contributed by atoms with E-state index in [0.29, 0.717) is 43.5 Å². The molecular weight excluding hydrogens is 403 g/mol. The molecule has 0 bridgehead atoms. The number of hydrogen-bond acceptors (Lipinski definition) is 7. The fraction of sp³-hybridized carbons (Fsp3) is 0.476. The molecular formula is C21H25FN6OS. The second-order valence-corrected chi connectivity index (χ2v) is 8.83. The topological polar surface area (TPSA) is 76.8 Å². The number of halogens is 1.